The lowest BCUT2D eigenvalue weighted by Gasteiger charge is -2.24. The molecule has 1 fully saturated rings. The molecule has 1 aromatic rings. The predicted molar refractivity (Wildman–Crippen MR) is 65.2 cm³/mol. The normalized spacial score (nSPS) is 19.9. The Balaban J connectivity index is 2.10. The highest BCUT2D eigenvalue weighted by Crippen LogP contribution is 2.31. The Hall–Kier alpha value is -1.45. The van der Waals surface area contributed by atoms with Crippen molar-refractivity contribution in [3.8, 4) is 0 Å². The summed E-state index contributed by atoms with van der Waals surface area (Å²) >= 11 is 0. The van der Waals surface area contributed by atoms with Gasteiger partial charge in [-0.1, -0.05) is 13.8 Å². The van der Waals surface area contributed by atoms with E-state index in [0.29, 0.717) is 12.3 Å². The van der Waals surface area contributed by atoms with E-state index in [-0.39, 0.29) is 11.9 Å². The summed E-state index contributed by atoms with van der Waals surface area (Å²) < 4.78 is 0. The van der Waals surface area contributed by atoms with Gasteiger partial charge in [0.2, 0.25) is 5.91 Å². The first-order chi connectivity index (χ1) is 8.18. The van der Waals surface area contributed by atoms with E-state index < -0.39 is 0 Å². The molecule has 17 heavy (non-hydrogen) atoms. The smallest absolute Gasteiger partial charge is 0.223 e. The highest BCUT2D eigenvalue weighted by Gasteiger charge is 2.30. The number of aromatic nitrogens is 2. The highest BCUT2D eigenvalue weighted by molar-refractivity contribution is 5.77. The summed E-state index contributed by atoms with van der Waals surface area (Å²) in [6.45, 7) is 5.00. The van der Waals surface area contributed by atoms with Crippen LogP contribution in [0.15, 0.2) is 18.6 Å². The monoisotopic (exact) mass is 233 g/mol. The fourth-order valence-corrected chi connectivity index (χ4v) is 2.32. The van der Waals surface area contributed by atoms with Crippen LogP contribution in [0.3, 0.4) is 0 Å². The van der Waals surface area contributed by atoms with Crippen molar-refractivity contribution in [1.29, 1.82) is 0 Å². The van der Waals surface area contributed by atoms with Gasteiger partial charge in [0.05, 0.1) is 17.9 Å². The van der Waals surface area contributed by atoms with E-state index in [9.17, 15) is 4.79 Å². The molecule has 92 valence electrons. The zero-order valence-electron chi connectivity index (χ0n) is 10.5. The first-order valence-corrected chi connectivity index (χ1v) is 6.24. The minimum absolute atomic E-state index is 0.134. The SMILES string of the molecule is CC(C)CC(=O)N1CCCC1c1cnccn1. The van der Waals surface area contributed by atoms with Crippen molar-refractivity contribution < 1.29 is 4.79 Å². The van der Waals surface area contributed by atoms with E-state index in [4.69, 9.17) is 0 Å². The van der Waals surface area contributed by atoms with Crippen LogP contribution in [-0.2, 0) is 4.79 Å². The van der Waals surface area contributed by atoms with Crippen molar-refractivity contribution in [3.05, 3.63) is 24.3 Å². The molecule has 0 aromatic carbocycles. The molecule has 0 saturated carbocycles. The predicted octanol–water partition coefficient (Wildman–Crippen LogP) is 2.19. The summed E-state index contributed by atoms with van der Waals surface area (Å²) in [6.07, 6.45) is 7.81. The number of rotatable bonds is 3. The molecular weight excluding hydrogens is 214 g/mol. The van der Waals surface area contributed by atoms with Crippen LogP contribution in [0.25, 0.3) is 0 Å². The van der Waals surface area contributed by atoms with E-state index in [1.165, 1.54) is 0 Å². The lowest BCUT2D eigenvalue weighted by Crippen LogP contribution is -2.31. The lowest BCUT2D eigenvalue weighted by atomic mass is 10.1. The maximum Gasteiger partial charge on any atom is 0.223 e. The van der Waals surface area contributed by atoms with Crippen molar-refractivity contribution in [3.63, 3.8) is 0 Å². The molecule has 0 radical (unpaired) electrons. The largest absolute Gasteiger partial charge is 0.334 e. The van der Waals surface area contributed by atoms with Crippen molar-refractivity contribution in [1.82, 2.24) is 14.9 Å². The molecule has 1 unspecified atom stereocenters. The molecule has 1 aliphatic heterocycles. The zero-order chi connectivity index (χ0) is 12.3. The van der Waals surface area contributed by atoms with Gasteiger partial charge in [-0.2, -0.15) is 0 Å². The van der Waals surface area contributed by atoms with Gasteiger partial charge in [-0.05, 0) is 18.8 Å². The Kier molecular flexibility index (Phi) is 3.71. The molecule has 0 aliphatic carbocycles. The molecule has 0 bridgehead atoms. The van der Waals surface area contributed by atoms with Crippen molar-refractivity contribution in [2.24, 2.45) is 5.92 Å². The van der Waals surface area contributed by atoms with Crippen LogP contribution in [0, 0.1) is 5.92 Å². The molecule has 1 saturated heterocycles. The van der Waals surface area contributed by atoms with E-state index in [1.807, 2.05) is 4.90 Å². The first kappa shape index (κ1) is 12.0. The number of nitrogens with zero attached hydrogens (tertiary/aromatic N) is 3. The molecule has 4 nitrogen and oxygen atoms in total. The number of hydrogen-bond acceptors (Lipinski definition) is 3. The maximum atomic E-state index is 12.1. The molecule has 1 atom stereocenters. The Morgan fingerprint density at radius 1 is 1.53 bits per heavy atom. The van der Waals surface area contributed by atoms with Crippen LogP contribution >= 0.6 is 0 Å². The minimum Gasteiger partial charge on any atom is -0.334 e. The molecule has 1 aliphatic rings. The Bertz CT molecular complexity index is 378. The molecule has 0 N–H and O–H groups in total. The third kappa shape index (κ3) is 2.81. The molecule has 2 rings (SSSR count). The number of likely N-dealkylation sites (tertiary alicyclic amines) is 1. The van der Waals surface area contributed by atoms with Gasteiger partial charge in [-0.25, -0.2) is 0 Å². The highest BCUT2D eigenvalue weighted by atomic mass is 16.2. The van der Waals surface area contributed by atoms with Crippen LogP contribution in [0.2, 0.25) is 0 Å². The Labute approximate surface area is 102 Å². The number of amides is 1. The van der Waals surface area contributed by atoms with E-state index in [0.717, 1.165) is 25.1 Å². The topological polar surface area (TPSA) is 46.1 Å². The van der Waals surface area contributed by atoms with Crippen LogP contribution in [0.5, 0.6) is 0 Å². The molecule has 2 heterocycles. The maximum absolute atomic E-state index is 12.1. The first-order valence-electron chi connectivity index (χ1n) is 6.24. The average Bonchev–Trinajstić information content (AvgIpc) is 2.78. The second-order valence-corrected chi connectivity index (χ2v) is 4.97. The molecule has 4 heteroatoms. The van der Waals surface area contributed by atoms with Crippen LogP contribution in [0.1, 0.15) is 44.8 Å². The molecular formula is C13H19N3O. The summed E-state index contributed by atoms with van der Waals surface area (Å²) in [5.41, 5.74) is 0.919. The summed E-state index contributed by atoms with van der Waals surface area (Å²) in [5, 5.41) is 0. The zero-order valence-corrected chi connectivity index (χ0v) is 10.5. The van der Waals surface area contributed by atoms with Gasteiger partial charge in [0.25, 0.3) is 0 Å². The number of carbonyl (C=O) groups is 1. The van der Waals surface area contributed by atoms with Gasteiger partial charge in [-0.15, -0.1) is 0 Å². The minimum atomic E-state index is 0.134. The second-order valence-electron chi connectivity index (χ2n) is 4.97. The van der Waals surface area contributed by atoms with Gasteiger partial charge in [-0.3, -0.25) is 14.8 Å². The number of carbonyl (C=O) groups excluding carboxylic acids is 1. The number of hydrogen-bond donors (Lipinski definition) is 0. The van der Waals surface area contributed by atoms with Gasteiger partial charge in [0.1, 0.15) is 0 Å². The van der Waals surface area contributed by atoms with Crippen molar-refractivity contribution in [2.75, 3.05) is 6.54 Å². The quantitative estimate of drug-likeness (QED) is 0.804. The fourth-order valence-electron chi connectivity index (χ4n) is 2.32. The van der Waals surface area contributed by atoms with Crippen LogP contribution < -0.4 is 0 Å². The van der Waals surface area contributed by atoms with Gasteiger partial charge >= 0.3 is 0 Å². The second kappa shape index (κ2) is 5.25. The van der Waals surface area contributed by atoms with Gasteiger partial charge in [0.15, 0.2) is 0 Å². The Morgan fingerprint density at radius 2 is 2.35 bits per heavy atom. The summed E-state index contributed by atoms with van der Waals surface area (Å²) in [6, 6.07) is 0.134. The third-order valence-corrected chi connectivity index (χ3v) is 3.08. The van der Waals surface area contributed by atoms with Gasteiger partial charge in [0, 0.05) is 25.4 Å². The lowest BCUT2D eigenvalue weighted by molar-refractivity contribution is -0.133. The summed E-state index contributed by atoms with van der Waals surface area (Å²) in [7, 11) is 0. The molecule has 0 spiro atoms. The van der Waals surface area contributed by atoms with E-state index >= 15 is 0 Å². The van der Waals surface area contributed by atoms with E-state index in [1.54, 1.807) is 18.6 Å². The molecule has 1 amide bonds. The summed E-state index contributed by atoms with van der Waals surface area (Å²) in [5.74, 6) is 0.652. The van der Waals surface area contributed by atoms with Crippen molar-refractivity contribution >= 4 is 5.91 Å². The molecule has 1 aromatic heterocycles. The van der Waals surface area contributed by atoms with Gasteiger partial charge < -0.3 is 4.90 Å². The standard InChI is InChI=1S/C13H19N3O/c1-10(2)8-13(17)16-7-3-4-12(16)11-9-14-5-6-15-11/h5-6,9-10,12H,3-4,7-8H2,1-2H3. The van der Waals surface area contributed by atoms with Crippen LogP contribution in [0.4, 0.5) is 0 Å². The van der Waals surface area contributed by atoms with E-state index in [2.05, 4.69) is 23.8 Å². The third-order valence-electron chi connectivity index (χ3n) is 3.08. The van der Waals surface area contributed by atoms with Crippen LogP contribution in [-0.4, -0.2) is 27.3 Å². The average molecular weight is 233 g/mol. The Morgan fingerprint density at radius 3 is 3.00 bits per heavy atom. The van der Waals surface area contributed by atoms with Crippen molar-refractivity contribution in [2.45, 2.75) is 39.2 Å². The summed E-state index contributed by atoms with van der Waals surface area (Å²) in [4.78, 5) is 22.5. The fraction of sp³-hybridized carbons (Fsp3) is 0.615.